The second-order valence-corrected chi connectivity index (χ2v) is 7.41. The molecule has 1 unspecified atom stereocenters. The summed E-state index contributed by atoms with van der Waals surface area (Å²) in [5.74, 6) is 0.386. The van der Waals surface area contributed by atoms with Crippen molar-refractivity contribution >= 4 is 44.9 Å². The molecular weight excluding hydrogens is 344 g/mol. The number of nitro groups is 1. The van der Waals surface area contributed by atoms with Crippen LogP contribution in [-0.2, 0) is 0 Å². The highest BCUT2D eigenvalue weighted by Crippen LogP contribution is 2.32. The molecule has 0 bridgehead atoms. The van der Waals surface area contributed by atoms with Crippen molar-refractivity contribution in [1.82, 2.24) is 15.6 Å². The average molecular weight is 359 g/mol. The van der Waals surface area contributed by atoms with Gasteiger partial charge in [-0.15, -0.1) is 11.3 Å². The Bertz CT molecular complexity index is 704. The fourth-order valence-corrected chi connectivity index (χ4v) is 4.14. The van der Waals surface area contributed by atoms with Crippen molar-refractivity contribution in [1.29, 1.82) is 0 Å². The zero-order chi connectivity index (χ0) is 16.1. The third-order valence-corrected chi connectivity index (χ3v) is 4.94. The summed E-state index contributed by atoms with van der Waals surface area (Å²) in [6, 6.07) is 5.60. The Morgan fingerprint density at radius 1 is 1.64 bits per heavy atom. The van der Waals surface area contributed by atoms with E-state index in [1.54, 1.807) is 11.3 Å². The zero-order valence-corrected chi connectivity index (χ0v) is 14.4. The molecule has 2 aromatic rings. The van der Waals surface area contributed by atoms with Crippen molar-refractivity contribution in [3.05, 3.63) is 45.4 Å². The summed E-state index contributed by atoms with van der Waals surface area (Å²) >= 11 is 9.03. The lowest BCUT2D eigenvalue weighted by atomic mass is 10.3. The van der Waals surface area contributed by atoms with Gasteiger partial charge in [0.2, 0.25) is 0 Å². The Labute approximate surface area is 141 Å². The first-order valence-corrected chi connectivity index (χ1v) is 8.64. The van der Waals surface area contributed by atoms with Crippen LogP contribution in [0.2, 0.25) is 5.02 Å². The van der Waals surface area contributed by atoms with Crippen molar-refractivity contribution in [2.45, 2.75) is 23.6 Å². The number of fused-ring (bicyclic) bond motifs is 1. The lowest BCUT2D eigenvalue weighted by Crippen LogP contribution is -2.31. The average Bonchev–Trinajstić information content (AvgIpc) is 2.79. The molecule has 1 heterocycles. The molecule has 0 saturated heterocycles. The predicted octanol–water partition coefficient (Wildman–Crippen LogP) is 3.66. The number of rotatable bonds is 7. The first-order chi connectivity index (χ1) is 10.5. The summed E-state index contributed by atoms with van der Waals surface area (Å²) < 4.78 is 1.95. The van der Waals surface area contributed by atoms with Gasteiger partial charge >= 0.3 is 0 Å². The Kier molecular flexibility index (Phi) is 5.87. The van der Waals surface area contributed by atoms with Crippen LogP contribution in [0.15, 0.2) is 34.6 Å². The number of aromatic nitrogens is 1. The molecule has 0 radical (unpaired) electrons. The van der Waals surface area contributed by atoms with Gasteiger partial charge in [0.05, 0.1) is 20.5 Å². The molecule has 0 spiro atoms. The van der Waals surface area contributed by atoms with Crippen molar-refractivity contribution in [3.8, 4) is 0 Å². The Morgan fingerprint density at radius 2 is 2.41 bits per heavy atom. The summed E-state index contributed by atoms with van der Waals surface area (Å²) in [5, 5.41) is 17.2. The van der Waals surface area contributed by atoms with Gasteiger partial charge in [0.1, 0.15) is 0 Å². The first-order valence-electron chi connectivity index (χ1n) is 6.56. The molecule has 0 fully saturated rings. The number of nitrogens with zero attached hydrogens (tertiary/aromatic N) is 2. The highest BCUT2D eigenvalue weighted by atomic mass is 35.5. The van der Waals surface area contributed by atoms with Gasteiger partial charge in [-0.1, -0.05) is 23.4 Å². The Balaban J connectivity index is 2.06. The molecule has 9 heteroatoms. The number of hydrogen-bond acceptors (Lipinski definition) is 7. The second-order valence-electron chi connectivity index (χ2n) is 4.35. The van der Waals surface area contributed by atoms with E-state index in [-0.39, 0.29) is 5.37 Å². The van der Waals surface area contributed by atoms with Gasteiger partial charge in [0.25, 0.3) is 6.20 Å². The molecule has 1 aromatic heterocycles. The van der Waals surface area contributed by atoms with E-state index >= 15 is 0 Å². The van der Waals surface area contributed by atoms with Gasteiger partial charge in [-0.05, 0) is 32.0 Å². The summed E-state index contributed by atoms with van der Waals surface area (Å²) in [4.78, 5) is 14.6. The maximum atomic E-state index is 10.6. The molecule has 1 aromatic carbocycles. The maximum Gasteiger partial charge on any atom is 0.274 e. The number of thioether (sulfide) groups is 1. The minimum absolute atomic E-state index is 0.0683. The van der Waals surface area contributed by atoms with Crippen LogP contribution in [0.1, 0.15) is 13.8 Å². The minimum atomic E-state index is -0.484. The molecule has 22 heavy (non-hydrogen) atoms. The van der Waals surface area contributed by atoms with E-state index in [0.29, 0.717) is 17.4 Å². The van der Waals surface area contributed by atoms with Gasteiger partial charge < -0.3 is 10.6 Å². The minimum Gasteiger partial charge on any atom is -0.367 e. The smallest absolute Gasteiger partial charge is 0.274 e. The van der Waals surface area contributed by atoms with Crippen LogP contribution in [0.25, 0.3) is 10.2 Å². The van der Waals surface area contributed by atoms with E-state index in [1.165, 1.54) is 11.8 Å². The van der Waals surface area contributed by atoms with E-state index in [2.05, 4.69) is 15.6 Å². The van der Waals surface area contributed by atoms with Crippen LogP contribution in [0.3, 0.4) is 0 Å². The standard InChI is InChI=1S/C13H15ClN4O2S2/c1-3-15-12(7-18(19)20)16-8(2)21-13-17-10-6-9(14)4-5-11(10)22-13/h4-8,15-16H,3H2,1-2H3/b12-7+. The summed E-state index contributed by atoms with van der Waals surface area (Å²) in [5.41, 5.74) is 0.861. The van der Waals surface area contributed by atoms with Crippen LogP contribution in [0.4, 0.5) is 0 Å². The highest BCUT2D eigenvalue weighted by Gasteiger charge is 2.12. The largest absolute Gasteiger partial charge is 0.367 e. The third-order valence-electron chi connectivity index (χ3n) is 2.57. The number of nitrogens with one attached hydrogen (secondary N) is 2. The number of benzene rings is 1. The number of halogens is 1. The molecule has 2 N–H and O–H groups in total. The van der Waals surface area contributed by atoms with Crippen LogP contribution in [0.5, 0.6) is 0 Å². The van der Waals surface area contributed by atoms with E-state index < -0.39 is 4.92 Å². The predicted molar refractivity (Wildman–Crippen MR) is 91.8 cm³/mol. The topological polar surface area (TPSA) is 80.1 Å². The van der Waals surface area contributed by atoms with Gasteiger partial charge in [-0.3, -0.25) is 10.1 Å². The normalized spacial score (nSPS) is 13.1. The molecule has 0 aliphatic heterocycles. The highest BCUT2D eigenvalue weighted by molar-refractivity contribution is 8.01. The van der Waals surface area contributed by atoms with E-state index in [1.807, 2.05) is 32.0 Å². The lowest BCUT2D eigenvalue weighted by Gasteiger charge is -2.15. The van der Waals surface area contributed by atoms with Gasteiger partial charge in [0, 0.05) is 11.6 Å². The molecule has 1 atom stereocenters. The molecule has 0 saturated carbocycles. The van der Waals surface area contributed by atoms with E-state index in [0.717, 1.165) is 20.8 Å². The zero-order valence-electron chi connectivity index (χ0n) is 12.0. The summed E-state index contributed by atoms with van der Waals surface area (Å²) in [6.07, 6.45) is 0.929. The second kappa shape index (κ2) is 7.66. The van der Waals surface area contributed by atoms with Crippen molar-refractivity contribution in [2.24, 2.45) is 0 Å². The van der Waals surface area contributed by atoms with Gasteiger partial charge in [0.15, 0.2) is 10.2 Å². The quantitative estimate of drug-likeness (QED) is 0.340. The van der Waals surface area contributed by atoms with Crippen LogP contribution in [-0.4, -0.2) is 21.8 Å². The lowest BCUT2D eigenvalue weighted by molar-refractivity contribution is -0.404. The van der Waals surface area contributed by atoms with E-state index in [9.17, 15) is 10.1 Å². The third kappa shape index (κ3) is 4.75. The van der Waals surface area contributed by atoms with Gasteiger partial charge in [-0.2, -0.15) is 0 Å². The van der Waals surface area contributed by atoms with Crippen LogP contribution >= 0.6 is 34.7 Å². The van der Waals surface area contributed by atoms with E-state index in [4.69, 9.17) is 11.6 Å². The fraction of sp³-hybridized carbons (Fsp3) is 0.308. The number of thiazole rings is 1. The SMILES string of the molecule is CCN/C(=C\[N+](=O)[O-])NC(C)Sc1nc2cc(Cl)ccc2s1. The molecule has 0 aliphatic rings. The monoisotopic (exact) mass is 358 g/mol. The molecule has 118 valence electrons. The Morgan fingerprint density at radius 3 is 3.09 bits per heavy atom. The maximum absolute atomic E-state index is 10.6. The summed E-state index contributed by atoms with van der Waals surface area (Å²) in [6.45, 7) is 4.41. The van der Waals surface area contributed by atoms with Crippen LogP contribution < -0.4 is 10.6 Å². The first kappa shape index (κ1) is 16.9. The molecule has 0 aliphatic carbocycles. The summed E-state index contributed by atoms with van der Waals surface area (Å²) in [7, 11) is 0. The van der Waals surface area contributed by atoms with Crippen molar-refractivity contribution in [2.75, 3.05) is 6.54 Å². The molecule has 2 rings (SSSR count). The number of hydrogen-bond donors (Lipinski definition) is 2. The Hall–Kier alpha value is -1.51. The molecule has 0 amide bonds. The van der Waals surface area contributed by atoms with Crippen molar-refractivity contribution < 1.29 is 4.92 Å². The molecular formula is C13H15ClN4O2S2. The van der Waals surface area contributed by atoms with Crippen LogP contribution in [0, 0.1) is 10.1 Å². The van der Waals surface area contributed by atoms with Crippen molar-refractivity contribution in [3.63, 3.8) is 0 Å². The molecule has 6 nitrogen and oxygen atoms in total. The van der Waals surface area contributed by atoms with Gasteiger partial charge in [-0.25, -0.2) is 4.98 Å². The fourth-order valence-electron chi connectivity index (χ4n) is 1.76.